The van der Waals surface area contributed by atoms with Crippen LogP contribution in [0.3, 0.4) is 0 Å². The van der Waals surface area contributed by atoms with Crippen LogP contribution in [0.2, 0.25) is 0 Å². The third kappa shape index (κ3) is 6.42. The van der Waals surface area contributed by atoms with E-state index in [2.05, 4.69) is 38.3 Å². The van der Waals surface area contributed by atoms with Gasteiger partial charge in [-0.15, -0.1) is 0 Å². The molecule has 1 rings (SSSR count). The summed E-state index contributed by atoms with van der Waals surface area (Å²) >= 11 is 0. The molecule has 0 spiro atoms. The molecule has 1 aliphatic carbocycles. The van der Waals surface area contributed by atoms with Crippen LogP contribution >= 0.6 is 0 Å². The molecule has 3 nitrogen and oxygen atoms in total. The standard InChI is InChI=1S/C16H32N2O/c1-5-11-17-15(19)12-18-14-8-6-7-13(9-10-14)16(2,3)4/h13-14,18H,5-12H2,1-4H3,(H,17,19). The Bertz CT molecular complexity index is 270. The van der Waals surface area contributed by atoms with Crippen molar-refractivity contribution in [2.75, 3.05) is 13.1 Å². The van der Waals surface area contributed by atoms with Gasteiger partial charge in [0.2, 0.25) is 5.91 Å². The van der Waals surface area contributed by atoms with Crippen molar-refractivity contribution in [3.8, 4) is 0 Å². The number of hydrogen-bond donors (Lipinski definition) is 2. The average molecular weight is 268 g/mol. The molecule has 0 heterocycles. The van der Waals surface area contributed by atoms with Crippen LogP contribution in [0.25, 0.3) is 0 Å². The van der Waals surface area contributed by atoms with E-state index >= 15 is 0 Å². The number of carbonyl (C=O) groups is 1. The zero-order valence-electron chi connectivity index (χ0n) is 13.2. The van der Waals surface area contributed by atoms with E-state index in [1.165, 1.54) is 32.1 Å². The predicted molar refractivity (Wildman–Crippen MR) is 81.1 cm³/mol. The van der Waals surface area contributed by atoms with Crippen molar-refractivity contribution < 1.29 is 4.79 Å². The lowest BCUT2D eigenvalue weighted by Gasteiger charge is -2.29. The summed E-state index contributed by atoms with van der Waals surface area (Å²) in [7, 11) is 0. The van der Waals surface area contributed by atoms with E-state index in [1.54, 1.807) is 0 Å². The summed E-state index contributed by atoms with van der Waals surface area (Å²) in [5.74, 6) is 0.965. The smallest absolute Gasteiger partial charge is 0.233 e. The van der Waals surface area contributed by atoms with Gasteiger partial charge < -0.3 is 10.6 Å². The molecule has 1 aliphatic rings. The fourth-order valence-corrected chi connectivity index (χ4v) is 2.94. The van der Waals surface area contributed by atoms with Gasteiger partial charge in [0.25, 0.3) is 0 Å². The molecule has 1 fully saturated rings. The Morgan fingerprint density at radius 3 is 2.53 bits per heavy atom. The minimum atomic E-state index is 0.137. The molecule has 0 aromatic heterocycles. The van der Waals surface area contributed by atoms with Crippen LogP contribution in [0.5, 0.6) is 0 Å². The Kier molecular flexibility index (Phi) is 6.84. The highest BCUT2D eigenvalue weighted by Crippen LogP contribution is 2.36. The first-order valence-electron chi connectivity index (χ1n) is 7.93. The molecule has 19 heavy (non-hydrogen) atoms. The van der Waals surface area contributed by atoms with E-state index in [1.807, 2.05) is 0 Å². The number of amides is 1. The number of hydrogen-bond acceptors (Lipinski definition) is 2. The van der Waals surface area contributed by atoms with Gasteiger partial charge in [-0.25, -0.2) is 0 Å². The molecule has 2 unspecified atom stereocenters. The third-order valence-electron chi connectivity index (χ3n) is 4.32. The monoisotopic (exact) mass is 268 g/mol. The highest BCUT2D eigenvalue weighted by atomic mass is 16.1. The van der Waals surface area contributed by atoms with Crippen molar-refractivity contribution in [3.63, 3.8) is 0 Å². The predicted octanol–water partition coefficient (Wildman–Crippen LogP) is 3.10. The summed E-state index contributed by atoms with van der Waals surface area (Å²) in [5, 5.41) is 6.35. The second-order valence-corrected chi connectivity index (χ2v) is 7.00. The molecule has 0 saturated heterocycles. The molecule has 0 aliphatic heterocycles. The lowest BCUT2D eigenvalue weighted by Crippen LogP contribution is -2.39. The summed E-state index contributed by atoms with van der Waals surface area (Å²) in [5.41, 5.74) is 0.424. The van der Waals surface area contributed by atoms with Crippen LogP contribution in [0.1, 0.15) is 66.2 Å². The van der Waals surface area contributed by atoms with Gasteiger partial charge >= 0.3 is 0 Å². The highest BCUT2D eigenvalue weighted by Gasteiger charge is 2.27. The van der Waals surface area contributed by atoms with Gasteiger partial charge in [-0.05, 0) is 43.4 Å². The maximum Gasteiger partial charge on any atom is 0.233 e. The number of rotatable bonds is 5. The van der Waals surface area contributed by atoms with Crippen molar-refractivity contribution in [1.29, 1.82) is 0 Å². The van der Waals surface area contributed by atoms with E-state index in [-0.39, 0.29) is 5.91 Å². The lowest BCUT2D eigenvalue weighted by molar-refractivity contribution is -0.120. The van der Waals surface area contributed by atoms with Crippen molar-refractivity contribution in [2.24, 2.45) is 11.3 Å². The van der Waals surface area contributed by atoms with Gasteiger partial charge in [-0.3, -0.25) is 4.79 Å². The molecule has 2 atom stereocenters. The minimum Gasteiger partial charge on any atom is -0.355 e. The normalized spacial score (nSPS) is 24.8. The van der Waals surface area contributed by atoms with E-state index in [4.69, 9.17) is 0 Å². The molecular formula is C16H32N2O. The first kappa shape index (κ1) is 16.5. The quantitative estimate of drug-likeness (QED) is 0.752. The van der Waals surface area contributed by atoms with Crippen molar-refractivity contribution >= 4 is 5.91 Å². The second-order valence-electron chi connectivity index (χ2n) is 7.00. The van der Waals surface area contributed by atoms with Crippen LogP contribution in [0.4, 0.5) is 0 Å². The van der Waals surface area contributed by atoms with Gasteiger partial charge in [-0.1, -0.05) is 34.1 Å². The third-order valence-corrected chi connectivity index (χ3v) is 4.32. The first-order chi connectivity index (χ1) is 8.93. The largest absolute Gasteiger partial charge is 0.355 e. The molecule has 112 valence electrons. The summed E-state index contributed by atoms with van der Waals surface area (Å²) in [4.78, 5) is 11.6. The Morgan fingerprint density at radius 1 is 1.16 bits per heavy atom. The summed E-state index contributed by atoms with van der Waals surface area (Å²) in [6, 6.07) is 0.528. The molecule has 0 aromatic rings. The Hall–Kier alpha value is -0.570. The number of nitrogens with one attached hydrogen (secondary N) is 2. The van der Waals surface area contributed by atoms with Crippen LogP contribution in [0.15, 0.2) is 0 Å². The van der Waals surface area contributed by atoms with Gasteiger partial charge in [0.15, 0.2) is 0 Å². The van der Waals surface area contributed by atoms with E-state index in [0.29, 0.717) is 18.0 Å². The SMILES string of the molecule is CCCNC(=O)CNC1CCCC(C(C)(C)C)CC1. The Labute approximate surface area is 118 Å². The zero-order valence-corrected chi connectivity index (χ0v) is 13.2. The average Bonchev–Trinajstić information content (AvgIpc) is 2.58. The molecule has 0 aromatic carbocycles. The summed E-state index contributed by atoms with van der Waals surface area (Å²) in [6.45, 7) is 10.4. The van der Waals surface area contributed by atoms with E-state index in [9.17, 15) is 4.79 Å². The van der Waals surface area contributed by atoms with Gasteiger partial charge in [0.05, 0.1) is 6.54 Å². The van der Waals surface area contributed by atoms with Crippen LogP contribution in [-0.4, -0.2) is 25.0 Å². The molecule has 0 radical (unpaired) electrons. The van der Waals surface area contributed by atoms with E-state index < -0.39 is 0 Å². The van der Waals surface area contributed by atoms with Crippen molar-refractivity contribution in [3.05, 3.63) is 0 Å². The minimum absolute atomic E-state index is 0.137. The molecule has 0 bridgehead atoms. The highest BCUT2D eigenvalue weighted by molar-refractivity contribution is 5.77. The van der Waals surface area contributed by atoms with Crippen LogP contribution in [0, 0.1) is 11.3 Å². The van der Waals surface area contributed by atoms with Gasteiger partial charge in [0.1, 0.15) is 0 Å². The molecular weight excluding hydrogens is 236 g/mol. The molecule has 3 heteroatoms. The number of carbonyl (C=O) groups excluding carboxylic acids is 1. The lowest BCUT2D eigenvalue weighted by atomic mass is 9.76. The summed E-state index contributed by atoms with van der Waals surface area (Å²) in [6.07, 6.45) is 7.34. The second kappa shape index (κ2) is 7.88. The molecule has 1 saturated carbocycles. The molecule has 2 N–H and O–H groups in total. The van der Waals surface area contributed by atoms with E-state index in [0.717, 1.165) is 18.9 Å². The van der Waals surface area contributed by atoms with Crippen LogP contribution < -0.4 is 10.6 Å². The maximum atomic E-state index is 11.6. The first-order valence-corrected chi connectivity index (χ1v) is 7.93. The Balaban J connectivity index is 2.27. The fourth-order valence-electron chi connectivity index (χ4n) is 2.94. The fraction of sp³-hybridized carbons (Fsp3) is 0.938. The molecule has 1 amide bonds. The summed E-state index contributed by atoms with van der Waals surface area (Å²) < 4.78 is 0. The van der Waals surface area contributed by atoms with Crippen molar-refractivity contribution in [1.82, 2.24) is 10.6 Å². The van der Waals surface area contributed by atoms with Crippen LogP contribution in [-0.2, 0) is 4.79 Å². The van der Waals surface area contributed by atoms with Gasteiger partial charge in [0, 0.05) is 12.6 Å². The topological polar surface area (TPSA) is 41.1 Å². The van der Waals surface area contributed by atoms with Crippen molar-refractivity contribution in [2.45, 2.75) is 72.3 Å². The zero-order chi connectivity index (χ0) is 14.3. The maximum absolute atomic E-state index is 11.6. The van der Waals surface area contributed by atoms with Gasteiger partial charge in [-0.2, -0.15) is 0 Å². The Morgan fingerprint density at radius 2 is 1.89 bits per heavy atom.